The predicted octanol–water partition coefficient (Wildman–Crippen LogP) is 3.39. The lowest BCUT2D eigenvalue weighted by Gasteiger charge is -2.18. The third kappa shape index (κ3) is 3.78. The van der Waals surface area contributed by atoms with Crippen molar-refractivity contribution in [1.29, 1.82) is 0 Å². The molecule has 1 fully saturated rings. The van der Waals surface area contributed by atoms with Gasteiger partial charge in [-0.3, -0.25) is 19.3 Å². The van der Waals surface area contributed by atoms with Gasteiger partial charge in [-0.15, -0.1) is 0 Å². The van der Waals surface area contributed by atoms with Gasteiger partial charge in [-0.05, 0) is 42.7 Å². The molecule has 0 bridgehead atoms. The van der Waals surface area contributed by atoms with Gasteiger partial charge in [0.05, 0.1) is 23.8 Å². The first-order valence-corrected chi connectivity index (χ1v) is 9.94. The molecule has 0 N–H and O–H groups in total. The molecular weight excluding hydrogens is 392 g/mol. The van der Waals surface area contributed by atoms with Crippen LogP contribution in [0.5, 0.6) is 0 Å². The van der Waals surface area contributed by atoms with E-state index in [1.165, 1.54) is 15.9 Å². The van der Waals surface area contributed by atoms with Gasteiger partial charge in [0.2, 0.25) is 0 Å². The quantitative estimate of drug-likeness (QED) is 0.706. The Bertz CT molecular complexity index is 985. The van der Waals surface area contributed by atoms with Crippen molar-refractivity contribution < 1.29 is 19.1 Å². The van der Waals surface area contributed by atoms with Crippen LogP contribution < -0.4 is 0 Å². The molecule has 29 heavy (non-hydrogen) atoms. The number of nitrogens with zero attached hydrogens (tertiary/aromatic N) is 2. The van der Waals surface area contributed by atoms with Crippen LogP contribution in [0, 0.1) is 0 Å². The minimum absolute atomic E-state index is 0.111. The van der Waals surface area contributed by atoms with Gasteiger partial charge in [-0.2, -0.15) is 0 Å². The van der Waals surface area contributed by atoms with Crippen LogP contribution in [0.15, 0.2) is 42.5 Å². The van der Waals surface area contributed by atoms with E-state index in [-0.39, 0.29) is 35.9 Å². The van der Waals surface area contributed by atoms with E-state index in [4.69, 9.17) is 16.3 Å². The van der Waals surface area contributed by atoms with Crippen LogP contribution >= 0.6 is 11.6 Å². The summed E-state index contributed by atoms with van der Waals surface area (Å²) in [5.41, 5.74) is 1.79. The van der Waals surface area contributed by atoms with Crippen molar-refractivity contribution in [2.75, 3.05) is 20.2 Å². The molecule has 2 aromatic rings. The molecular formula is C22H21ClN2O4. The summed E-state index contributed by atoms with van der Waals surface area (Å²) in [6, 6.07) is 12.0. The molecule has 0 radical (unpaired) electrons. The molecule has 0 spiro atoms. The fraction of sp³-hybridized carbons (Fsp3) is 0.318. The Morgan fingerprint density at radius 2 is 1.93 bits per heavy atom. The van der Waals surface area contributed by atoms with E-state index in [1.807, 2.05) is 18.2 Å². The molecule has 1 atom stereocenters. The molecule has 0 saturated carbocycles. The van der Waals surface area contributed by atoms with Gasteiger partial charge in [0.15, 0.2) is 0 Å². The zero-order valence-electron chi connectivity index (χ0n) is 16.1. The van der Waals surface area contributed by atoms with Crippen molar-refractivity contribution in [3.8, 4) is 0 Å². The summed E-state index contributed by atoms with van der Waals surface area (Å²) >= 11 is 6.18. The van der Waals surface area contributed by atoms with E-state index < -0.39 is 0 Å². The van der Waals surface area contributed by atoms with E-state index in [0.717, 1.165) is 18.4 Å². The zero-order valence-corrected chi connectivity index (χ0v) is 16.8. The summed E-state index contributed by atoms with van der Waals surface area (Å²) in [7, 11) is 1.68. The van der Waals surface area contributed by atoms with Gasteiger partial charge in [-0.25, -0.2) is 0 Å². The summed E-state index contributed by atoms with van der Waals surface area (Å²) in [6.07, 6.45) is 1.66. The molecule has 2 aromatic carbocycles. The van der Waals surface area contributed by atoms with Crippen LogP contribution in [0.3, 0.4) is 0 Å². The number of halogens is 1. The van der Waals surface area contributed by atoms with Crippen molar-refractivity contribution in [3.05, 3.63) is 69.7 Å². The number of rotatable bonds is 5. The molecule has 1 saturated heterocycles. The first-order valence-electron chi connectivity index (χ1n) is 9.56. The number of carbonyl (C=O) groups excluding carboxylic acids is 3. The third-order valence-corrected chi connectivity index (χ3v) is 5.71. The lowest BCUT2D eigenvalue weighted by Crippen LogP contribution is -2.36. The number of hydrogen-bond acceptors (Lipinski definition) is 4. The van der Waals surface area contributed by atoms with Crippen LogP contribution in [0.2, 0.25) is 5.02 Å². The van der Waals surface area contributed by atoms with E-state index in [2.05, 4.69) is 0 Å². The Kier molecular flexibility index (Phi) is 5.39. The maximum atomic E-state index is 12.9. The Morgan fingerprint density at radius 1 is 1.17 bits per heavy atom. The number of benzene rings is 2. The topological polar surface area (TPSA) is 66.9 Å². The summed E-state index contributed by atoms with van der Waals surface area (Å²) in [6.45, 7) is 1.25. The standard InChI is InChI=1S/C22H21ClN2O4/c1-24(12-15-5-2-3-7-19(15)23)20(26)14-8-9-17-18(11-14)22(28)25(21(17)27)13-16-6-4-10-29-16/h2-3,5,7-9,11,16H,4,6,10,12-13H2,1H3. The number of carbonyl (C=O) groups is 3. The van der Waals surface area contributed by atoms with Crippen molar-refractivity contribution in [3.63, 3.8) is 0 Å². The first-order chi connectivity index (χ1) is 14.0. The molecule has 2 aliphatic heterocycles. The van der Waals surface area contributed by atoms with Crippen molar-refractivity contribution >= 4 is 29.3 Å². The number of hydrogen-bond donors (Lipinski definition) is 0. The SMILES string of the molecule is CN(Cc1ccccc1Cl)C(=O)c1ccc2c(c1)C(=O)N(CC1CCCO1)C2=O. The number of ether oxygens (including phenoxy) is 1. The number of amides is 3. The normalized spacial score (nSPS) is 18.3. The van der Waals surface area contributed by atoms with Gasteiger partial charge in [0.1, 0.15) is 0 Å². The highest BCUT2D eigenvalue weighted by atomic mass is 35.5. The van der Waals surface area contributed by atoms with Crippen LogP contribution in [-0.4, -0.2) is 53.8 Å². The molecule has 2 aliphatic rings. The average Bonchev–Trinajstić information content (AvgIpc) is 3.32. The van der Waals surface area contributed by atoms with Crippen LogP contribution in [0.4, 0.5) is 0 Å². The maximum absolute atomic E-state index is 12.9. The van der Waals surface area contributed by atoms with Gasteiger partial charge in [-0.1, -0.05) is 29.8 Å². The van der Waals surface area contributed by atoms with Crippen molar-refractivity contribution in [2.24, 2.45) is 0 Å². The lowest BCUT2D eigenvalue weighted by molar-refractivity contribution is 0.0475. The highest BCUT2D eigenvalue weighted by Crippen LogP contribution is 2.27. The summed E-state index contributed by atoms with van der Waals surface area (Å²) in [5.74, 6) is -0.946. The molecule has 7 heteroatoms. The Labute approximate surface area is 174 Å². The fourth-order valence-electron chi connectivity index (χ4n) is 3.76. The fourth-order valence-corrected chi connectivity index (χ4v) is 3.95. The lowest BCUT2D eigenvalue weighted by atomic mass is 10.0. The average molecular weight is 413 g/mol. The molecule has 0 aromatic heterocycles. The second-order valence-electron chi connectivity index (χ2n) is 7.37. The van der Waals surface area contributed by atoms with Crippen molar-refractivity contribution in [2.45, 2.75) is 25.5 Å². The van der Waals surface area contributed by atoms with E-state index >= 15 is 0 Å². The Morgan fingerprint density at radius 3 is 2.66 bits per heavy atom. The van der Waals surface area contributed by atoms with Crippen molar-refractivity contribution in [1.82, 2.24) is 9.80 Å². The molecule has 2 heterocycles. The predicted molar refractivity (Wildman–Crippen MR) is 108 cm³/mol. The summed E-state index contributed by atoms with van der Waals surface area (Å²) < 4.78 is 5.55. The Hall–Kier alpha value is -2.70. The minimum Gasteiger partial charge on any atom is -0.376 e. The summed E-state index contributed by atoms with van der Waals surface area (Å²) in [4.78, 5) is 41.0. The molecule has 3 amide bonds. The highest BCUT2D eigenvalue weighted by Gasteiger charge is 2.38. The molecule has 150 valence electrons. The largest absolute Gasteiger partial charge is 0.376 e. The number of fused-ring (bicyclic) bond motifs is 1. The summed E-state index contributed by atoms with van der Waals surface area (Å²) in [5, 5.41) is 0.589. The molecule has 6 nitrogen and oxygen atoms in total. The zero-order chi connectivity index (χ0) is 20.5. The monoisotopic (exact) mass is 412 g/mol. The number of imide groups is 1. The third-order valence-electron chi connectivity index (χ3n) is 5.34. The maximum Gasteiger partial charge on any atom is 0.261 e. The van der Waals surface area contributed by atoms with Crippen LogP contribution in [-0.2, 0) is 11.3 Å². The van der Waals surface area contributed by atoms with E-state index in [1.54, 1.807) is 25.2 Å². The molecule has 1 unspecified atom stereocenters. The molecule has 0 aliphatic carbocycles. The molecule has 4 rings (SSSR count). The second-order valence-corrected chi connectivity index (χ2v) is 7.78. The van der Waals surface area contributed by atoms with Gasteiger partial charge in [0, 0.05) is 30.8 Å². The minimum atomic E-state index is -0.371. The van der Waals surface area contributed by atoms with Crippen LogP contribution in [0.1, 0.15) is 49.5 Å². The van der Waals surface area contributed by atoms with Gasteiger partial charge < -0.3 is 9.64 Å². The van der Waals surface area contributed by atoms with Gasteiger partial charge >= 0.3 is 0 Å². The first kappa shape index (κ1) is 19.6. The van der Waals surface area contributed by atoms with E-state index in [0.29, 0.717) is 29.3 Å². The second kappa shape index (κ2) is 7.97. The van der Waals surface area contributed by atoms with E-state index in [9.17, 15) is 14.4 Å². The smallest absolute Gasteiger partial charge is 0.261 e. The Balaban J connectivity index is 1.52. The van der Waals surface area contributed by atoms with Gasteiger partial charge in [0.25, 0.3) is 17.7 Å². The van der Waals surface area contributed by atoms with Crippen LogP contribution in [0.25, 0.3) is 0 Å². The highest BCUT2D eigenvalue weighted by molar-refractivity contribution is 6.31.